The van der Waals surface area contributed by atoms with Gasteiger partial charge in [-0.1, -0.05) is 11.6 Å². The van der Waals surface area contributed by atoms with Crippen molar-refractivity contribution in [1.82, 2.24) is 4.72 Å². The second kappa shape index (κ2) is 5.83. The molecule has 15 heavy (non-hydrogen) atoms. The fraction of sp³-hybridized carbons (Fsp3) is 0. The number of hydrogen-bond donors (Lipinski definition) is 2. The summed E-state index contributed by atoms with van der Waals surface area (Å²) in [5.74, 6) is -0.913. The van der Waals surface area contributed by atoms with E-state index in [4.69, 9.17) is 16.2 Å². The predicted molar refractivity (Wildman–Crippen MR) is 51.6 cm³/mol. The van der Waals surface area contributed by atoms with Crippen LogP contribution in [0.4, 0.5) is 0 Å². The number of carbonyl (C=O) groups is 1. The van der Waals surface area contributed by atoms with Crippen LogP contribution in [0.1, 0.15) is 11.8 Å². The third-order valence-electron chi connectivity index (χ3n) is 1.33. The van der Waals surface area contributed by atoms with Gasteiger partial charge in [0.05, 0.1) is 0 Å². The largest absolute Gasteiger partial charge is 1.00 e. The Kier molecular flexibility index (Phi) is 5.79. The van der Waals surface area contributed by atoms with Gasteiger partial charge in [0.25, 0.3) is 5.91 Å². The van der Waals surface area contributed by atoms with E-state index < -0.39 is 16.2 Å². The van der Waals surface area contributed by atoms with E-state index in [1.54, 1.807) is 0 Å². The number of halogens is 1. The Labute approximate surface area is 115 Å². The van der Waals surface area contributed by atoms with Crippen LogP contribution in [0.15, 0.2) is 24.3 Å². The third-order valence-corrected chi connectivity index (χ3v) is 2.02. The van der Waals surface area contributed by atoms with Crippen molar-refractivity contribution in [2.45, 2.75) is 0 Å². The van der Waals surface area contributed by atoms with Crippen LogP contribution in [0.25, 0.3) is 0 Å². The SMILES string of the molecule is O=C(NS(=O)(=O)O)c1ccc(Cl)cc1.[H-].[Na+]. The molecule has 1 amide bonds. The number of nitrogens with one attached hydrogen (secondary N) is 1. The minimum absolute atomic E-state index is 0. The molecule has 5 nitrogen and oxygen atoms in total. The van der Waals surface area contributed by atoms with Gasteiger partial charge in [0, 0.05) is 10.6 Å². The van der Waals surface area contributed by atoms with Crippen molar-refractivity contribution in [1.29, 1.82) is 0 Å². The van der Waals surface area contributed by atoms with Crippen LogP contribution >= 0.6 is 11.6 Å². The van der Waals surface area contributed by atoms with Gasteiger partial charge < -0.3 is 1.43 Å². The summed E-state index contributed by atoms with van der Waals surface area (Å²) >= 11 is 5.55. The summed E-state index contributed by atoms with van der Waals surface area (Å²) < 4.78 is 30.3. The van der Waals surface area contributed by atoms with Gasteiger partial charge in [0.2, 0.25) is 0 Å². The van der Waals surface area contributed by atoms with Crippen molar-refractivity contribution < 1.29 is 48.7 Å². The van der Waals surface area contributed by atoms with E-state index in [9.17, 15) is 13.2 Å². The Bertz CT molecular complexity index is 450. The molecule has 1 aromatic carbocycles. The molecule has 0 aromatic heterocycles. The van der Waals surface area contributed by atoms with Gasteiger partial charge in [-0.15, -0.1) is 0 Å². The molecule has 78 valence electrons. The normalized spacial score (nSPS) is 10.3. The number of carbonyl (C=O) groups excluding carboxylic acids is 1. The van der Waals surface area contributed by atoms with Crippen molar-refractivity contribution >= 4 is 27.8 Å². The molecule has 8 heteroatoms. The van der Waals surface area contributed by atoms with Crippen LogP contribution in [0.5, 0.6) is 0 Å². The molecule has 0 aliphatic rings. The molecular formula is C7H7ClNNaO4S. The molecule has 0 atom stereocenters. The Morgan fingerprint density at radius 2 is 1.80 bits per heavy atom. The van der Waals surface area contributed by atoms with E-state index in [-0.39, 0.29) is 36.5 Å². The molecule has 1 rings (SSSR count). The van der Waals surface area contributed by atoms with E-state index in [2.05, 4.69) is 0 Å². The molecule has 0 saturated heterocycles. The first-order valence-corrected chi connectivity index (χ1v) is 5.25. The van der Waals surface area contributed by atoms with Crippen molar-refractivity contribution in [2.24, 2.45) is 0 Å². The Hall–Kier alpha value is -0.110. The third kappa shape index (κ3) is 5.50. The maximum atomic E-state index is 11.1. The summed E-state index contributed by atoms with van der Waals surface area (Å²) in [6.07, 6.45) is 0. The molecule has 2 N–H and O–H groups in total. The van der Waals surface area contributed by atoms with Crippen molar-refractivity contribution in [3.05, 3.63) is 34.9 Å². The Morgan fingerprint density at radius 3 is 2.20 bits per heavy atom. The molecule has 0 radical (unpaired) electrons. The van der Waals surface area contributed by atoms with Gasteiger partial charge in [0.15, 0.2) is 0 Å². The molecule has 0 aliphatic carbocycles. The first-order valence-electron chi connectivity index (χ1n) is 3.43. The fourth-order valence-electron chi connectivity index (χ4n) is 0.777. The van der Waals surface area contributed by atoms with Crippen molar-refractivity contribution in [3.8, 4) is 0 Å². The van der Waals surface area contributed by atoms with E-state index in [0.717, 1.165) is 0 Å². The minimum atomic E-state index is -4.51. The molecule has 0 aliphatic heterocycles. The van der Waals surface area contributed by atoms with Gasteiger partial charge in [-0.25, -0.2) is 4.72 Å². The molecule has 0 unspecified atom stereocenters. The summed E-state index contributed by atoms with van der Waals surface area (Å²) in [5.41, 5.74) is 0.0898. The van der Waals surface area contributed by atoms with Crippen LogP contribution < -0.4 is 34.3 Å². The number of benzene rings is 1. The van der Waals surface area contributed by atoms with Crippen molar-refractivity contribution in [2.75, 3.05) is 0 Å². The Morgan fingerprint density at radius 1 is 1.33 bits per heavy atom. The van der Waals surface area contributed by atoms with Crippen LogP contribution in [0, 0.1) is 0 Å². The molecule has 0 fully saturated rings. The molecule has 0 spiro atoms. The van der Waals surface area contributed by atoms with E-state index >= 15 is 0 Å². The van der Waals surface area contributed by atoms with Gasteiger partial charge in [-0.2, -0.15) is 8.42 Å². The summed E-state index contributed by atoms with van der Waals surface area (Å²) in [7, 11) is -4.51. The predicted octanol–water partition coefficient (Wildman–Crippen LogP) is -2.01. The fourth-order valence-corrected chi connectivity index (χ4v) is 1.26. The number of hydrogen-bond acceptors (Lipinski definition) is 3. The average Bonchev–Trinajstić information content (AvgIpc) is 2.02. The second-order valence-corrected chi connectivity index (χ2v) is 4.00. The molecular weight excluding hydrogens is 253 g/mol. The monoisotopic (exact) mass is 259 g/mol. The Balaban J connectivity index is 0. The molecule has 0 heterocycles. The molecule has 0 bridgehead atoms. The summed E-state index contributed by atoms with van der Waals surface area (Å²) in [6.45, 7) is 0. The van der Waals surface area contributed by atoms with E-state index in [1.165, 1.54) is 29.0 Å². The summed E-state index contributed by atoms with van der Waals surface area (Å²) in [4.78, 5) is 11.1. The minimum Gasteiger partial charge on any atom is -1.00 e. The smallest absolute Gasteiger partial charge is 1.00 e. The topological polar surface area (TPSA) is 83.5 Å². The van der Waals surface area contributed by atoms with Gasteiger partial charge >= 0.3 is 39.9 Å². The van der Waals surface area contributed by atoms with Crippen LogP contribution in [0.3, 0.4) is 0 Å². The maximum absolute atomic E-state index is 11.1. The van der Waals surface area contributed by atoms with Gasteiger partial charge in [0.1, 0.15) is 0 Å². The first kappa shape index (κ1) is 14.9. The maximum Gasteiger partial charge on any atom is 1.00 e. The average molecular weight is 260 g/mol. The summed E-state index contributed by atoms with van der Waals surface area (Å²) in [5, 5.41) is 0.424. The van der Waals surface area contributed by atoms with Crippen LogP contribution in [-0.2, 0) is 10.3 Å². The zero-order valence-corrected chi connectivity index (χ0v) is 11.3. The number of amides is 1. The summed E-state index contributed by atoms with van der Waals surface area (Å²) in [6, 6.07) is 5.53. The van der Waals surface area contributed by atoms with Gasteiger partial charge in [-0.05, 0) is 24.3 Å². The molecule has 0 saturated carbocycles. The quantitative estimate of drug-likeness (QED) is 0.475. The zero-order valence-electron chi connectivity index (χ0n) is 8.77. The van der Waals surface area contributed by atoms with Crippen LogP contribution in [-0.4, -0.2) is 18.9 Å². The standard InChI is InChI=1S/C7H6ClNO4S.Na.H/c8-6-3-1-5(2-4-6)7(10)9-14(11,12)13;;/h1-4H,(H,9,10)(H,11,12,13);;/q;+1;-1. The molecule has 1 aromatic rings. The number of rotatable bonds is 2. The van der Waals surface area contributed by atoms with Crippen LogP contribution in [0.2, 0.25) is 5.02 Å². The van der Waals surface area contributed by atoms with Gasteiger partial charge in [-0.3, -0.25) is 9.35 Å². The second-order valence-electron chi connectivity index (χ2n) is 2.41. The van der Waals surface area contributed by atoms with E-state index in [0.29, 0.717) is 5.02 Å². The van der Waals surface area contributed by atoms with Crippen molar-refractivity contribution in [3.63, 3.8) is 0 Å². The van der Waals surface area contributed by atoms with E-state index in [1.807, 2.05) is 0 Å². The zero-order chi connectivity index (χ0) is 10.8. The first-order chi connectivity index (χ1) is 6.38.